The Labute approximate surface area is 172 Å². The number of amides is 2. The molecule has 2 N–H and O–H groups in total. The molecule has 0 fully saturated rings. The fourth-order valence-electron chi connectivity index (χ4n) is 2.71. The van der Waals surface area contributed by atoms with Gasteiger partial charge in [0.2, 0.25) is 15.9 Å². The van der Waals surface area contributed by atoms with E-state index in [1.54, 1.807) is 41.3 Å². The quantitative estimate of drug-likeness (QED) is 0.690. The fraction of sp³-hybridized carbons (Fsp3) is 0.333. The van der Waals surface area contributed by atoms with Gasteiger partial charge in [0.05, 0.1) is 10.9 Å². The molecular formula is C21H27N3O4S. The van der Waals surface area contributed by atoms with Gasteiger partial charge in [0.15, 0.2) is 0 Å². The number of nitrogens with one attached hydrogen (secondary N) is 2. The molecule has 0 heterocycles. The minimum Gasteiger partial charge on any atom is -0.339 e. The number of carbonyl (C=O) groups excluding carboxylic acids is 2. The molecule has 0 saturated carbocycles. The van der Waals surface area contributed by atoms with Crippen LogP contribution < -0.4 is 10.0 Å². The number of sulfonamides is 1. The van der Waals surface area contributed by atoms with Crippen molar-refractivity contribution in [2.75, 3.05) is 18.4 Å². The molecule has 0 radical (unpaired) electrons. The average molecular weight is 418 g/mol. The predicted octanol–water partition coefficient (Wildman–Crippen LogP) is 2.78. The molecule has 2 rings (SSSR count). The van der Waals surface area contributed by atoms with E-state index in [1.807, 2.05) is 20.8 Å². The topological polar surface area (TPSA) is 95.6 Å². The average Bonchev–Trinajstić information content (AvgIpc) is 2.69. The highest BCUT2D eigenvalue weighted by Crippen LogP contribution is 2.14. The SMILES string of the molecule is CCN(CC)C(=O)c1ccc(NC(=O)[C@H](C)NS(=O)(=O)c2ccc(C)cc2)cc1. The van der Waals surface area contributed by atoms with Crippen molar-refractivity contribution in [3.8, 4) is 0 Å². The summed E-state index contributed by atoms with van der Waals surface area (Å²) in [6.45, 7) is 8.39. The standard InChI is InChI=1S/C21H27N3O4S/c1-5-24(6-2)21(26)17-9-11-18(12-10-17)22-20(25)16(4)23-29(27,28)19-13-7-15(3)8-14-19/h7-14,16,23H,5-6H2,1-4H3,(H,22,25)/t16-/m0/s1. The Morgan fingerprint density at radius 1 is 0.966 bits per heavy atom. The van der Waals surface area contributed by atoms with Gasteiger partial charge in [-0.3, -0.25) is 9.59 Å². The molecule has 0 aliphatic carbocycles. The third-order valence-electron chi connectivity index (χ3n) is 4.51. The Morgan fingerprint density at radius 2 is 1.52 bits per heavy atom. The summed E-state index contributed by atoms with van der Waals surface area (Å²) in [5, 5.41) is 2.66. The Bertz CT molecular complexity index is 950. The van der Waals surface area contributed by atoms with Crippen molar-refractivity contribution in [2.24, 2.45) is 0 Å². The van der Waals surface area contributed by atoms with Crippen LogP contribution in [0.2, 0.25) is 0 Å². The number of carbonyl (C=O) groups is 2. The van der Waals surface area contributed by atoms with Crippen LogP contribution in [-0.4, -0.2) is 44.3 Å². The van der Waals surface area contributed by atoms with Crippen LogP contribution in [-0.2, 0) is 14.8 Å². The molecule has 7 nitrogen and oxygen atoms in total. The summed E-state index contributed by atoms with van der Waals surface area (Å²) in [6.07, 6.45) is 0. The smallest absolute Gasteiger partial charge is 0.253 e. The Morgan fingerprint density at radius 3 is 2.03 bits per heavy atom. The van der Waals surface area contributed by atoms with E-state index in [9.17, 15) is 18.0 Å². The van der Waals surface area contributed by atoms with Crippen molar-refractivity contribution < 1.29 is 18.0 Å². The first-order valence-electron chi connectivity index (χ1n) is 9.47. The molecule has 0 unspecified atom stereocenters. The van der Waals surface area contributed by atoms with Gasteiger partial charge in [-0.15, -0.1) is 0 Å². The van der Waals surface area contributed by atoms with Crippen molar-refractivity contribution >= 4 is 27.5 Å². The largest absolute Gasteiger partial charge is 0.339 e. The lowest BCUT2D eigenvalue weighted by molar-refractivity contribution is -0.117. The summed E-state index contributed by atoms with van der Waals surface area (Å²) in [5.74, 6) is -0.574. The molecule has 0 aliphatic rings. The molecule has 2 aromatic carbocycles. The normalized spacial score (nSPS) is 12.3. The Hall–Kier alpha value is -2.71. The molecule has 2 amide bonds. The van der Waals surface area contributed by atoms with Crippen molar-refractivity contribution in [2.45, 2.75) is 38.6 Å². The fourth-order valence-corrected chi connectivity index (χ4v) is 3.91. The molecule has 0 aliphatic heterocycles. The number of hydrogen-bond donors (Lipinski definition) is 2. The number of anilines is 1. The molecule has 0 bridgehead atoms. The molecule has 0 aromatic heterocycles. The van der Waals surface area contributed by atoms with E-state index in [0.717, 1.165) is 5.56 Å². The highest BCUT2D eigenvalue weighted by Gasteiger charge is 2.22. The van der Waals surface area contributed by atoms with Gasteiger partial charge in [0.1, 0.15) is 0 Å². The van der Waals surface area contributed by atoms with Crippen LogP contribution >= 0.6 is 0 Å². The van der Waals surface area contributed by atoms with Gasteiger partial charge in [-0.2, -0.15) is 4.72 Å². The minimum absolute atomic E-state index is 0.0768. The molecule has 2 aromatic rings. The Kier molecular flexibility index (Phi) is 7.53. The molecule has 29 heavy (non-hydrogen) atoms. The predicted molar refractivity (Wildman–Crippen MR) is 113 cm³/mol. The first-order valence-corrected chi connectivity index (χ1v) is 11.0. The van der Waals surface area contributed by atoms with E-state index < -0.39 is 22.0 Å². The van der Waals surface area contributed by atoms with Crippen LogP contribution in [0.15, 0.2) is 53.4 Å². The van der Waals surface area contributed by atoms with Crippen molar-refractivity contribution in [1.82, 2.24) is 9.62 Å². The monoisotopic (exact) mass is 417 g/mol. The summed E-state index contributed by atoms with van der Waals surface area (Å²) in [6, 6.07) is 11.9. The third kappa shape index (κ3) is 5.88. The Balaban J connectivity index is 2.02. The van der Waals surface area contributed by atoms with Gasteiger partial charge in [-0.05, 0) is 64.1 Å². The number of hydrogen-bond acceptors (Lipinski definition) is 4. The van der Waals surface area contributed by atoms with Gasteiger partial charge < -0.3 is 10.2 Å². The molecule has 1 atom stereocenters. The zero-order valence-corrected chi connectivity index (χ0v) is 17.9. The number of benzene rings is 2. The molecule has 8 heteroatoms. The van der Waals surface area contributed by atoms with Gasteiger partial charge in [0, 0.05) is 24.3 Å². The summed E-state index contributed by atoms with van der Waals surface area (Å²) in [5.41, 5.74) is 1.95. The third-order valence-corrected chi connectivity index (χ3v) is 6.06. The maximum Gasteiger partial charge on any atom is 0.253 e. The summed E-state index contributed by atoms with van der Waals surface area (Å²) in [4.78, 5) is 26.5. The maximum absolute atomic E-state index is 12.4. The van der Waals surface area contributed by atoms with Crippen LogP contribution in [0.4, 0.5) is 5.69 Å². The van der Waals surface area contributed by atoms with Crippen molar-refractivity contribution in [3.63, 3.8) is 0 Å². The van der Waals surface area contributed by atoms with Gasteiger partial charge >= 0.3 is 0 Å². The van der Waals surface area contributed by atoms with Gasteiger partial charge in [-0.25, -0.2) is 8.42 Å². The zero-order valence-electron chi connectivity index (χ0n) is 17.1. The maximum atomic E-state index is 12.4. The lowest BCUT2D eigenvalue weighted by Crippen LogP contribution is -2.41. The minimum atomic E-state index is -3.81. The van der Waals surface area contributed by atoms with Crippen molar-refractivity contribution in [3.05, 3.63) is 59.7 Å². The number of nitrogens with zero attached hydrogens (tertiary/aromatic N) is 1. The molecule has 156 valence electrons. The highest BCUT2D eigenvalue weighted by molar-refractivity contribution is 7.89. The zero-order chi connectivity index (χ0) is 21.6. The first-order chi connectivity index (χ1) is 13.7. The second-order valence-corrected chi connectivity index (χ2v) is 8.41. The molecule has 0 saturated heterocycles. The van der Waals surface area contributed by atoms with Crippen LogP contribution in [0, 0.1) is 6.92 Å². The number of rotatable bonds is 8. The van der Waals surface area contributed by atoms with Gasteiger partial charge in [-0.1, -0.05) is 17.7 Å². The lowest BCUT2D eigenvalue weighted by Gasteiger charge is -2.19. The van der Waals surface area contributed by atoms with Crippen LogP contribution in [0.3, 0.4) is 0 Å². The van der Waals surface area contributed by atoms with E-state index in [-0.39, 0.29) is 10.8 Å². The highest BCUT2D eigenvalue weighted by atomic mass is 32.2. The van der Waals surface area contributed by atoms with E-state index in [2.05, 4.69) is 10.0 Å². The summed E-state index contributed by atoms with van der Waals surface area (Å²) in [7, 11) is -3.81. The van der Waals surface area contributed by atoms with E-state index >= 15 is 0 Å². The number of aryl methyl sites for hydroxylation is 1. The van der Waals surface area contributed by atoms with Crippen molar-refractivity contribution in [1.29, 1.82) is 0 Å². The summed E-state index contributed by atoms with van der Waals surface area (Å²) >= 11 is 0. The molecule has 0 spiro atoms. The second kappa shape index (κ2) is 9.67. The first kappa shape index (κ1) is 22.6. The van der Waals surface area contributed by atoms with E-state index in [4.69, 9.17) is 0 Å². The molecular weight excluding hydrogens is 390 g/mol. The summed E-state index contributed by atoms with van der Waals surface area (Å²) < 4.78 is 27.2. The van der Waals surface area contributed by atoms with Crippen LogP contribution in [0.1, 0.15) is 36.7 Å². The van der Waals surface area contributed by atoms with Crippen LogP contribution in [0.5, 0.6) is 0 Å². The van der Waals surface area contributed by atoms with E-state index in [0.29, 0.717) is 24.3 Å². The van der Waals surface area contributed by atoms with Crippen LogP contribution in [0.25, 0.3) is 0 Å². The van der Waals surface area contributed by atoms with Gasteiger partial charge in [0.25, 0.3) is 5.91 Å². The second-order valence-electron chi connectivity index (χ2n) is 6.70. The lowest BCUT2D eigenvalue weighted by atomic mass is 10.1. The van der Waals surface area contributed by atoms with E-state index in [1.165, 1.54) is 19.1 Å².